The largest absolute Gasteiger partial charge is 0.334 e. The van der Waals surface area contributed by atoms with E-state index in [2.05, 4.69) is 378 Å². The van der Waals surface area contributed by atoms with Crippen LogP contribution in [0.4, 0.5) is 45.5 Å². The Labute approximate surface area is 744 Å². The third-order valence-corrected chi connectivity index (χ3v) is 35.7. The number of benzene rings is 15. The van der Waals surface area contributed by atoms with Gasteiger partial charge in [0, 0.05) is 67.2 Å². The van der Waals surface area contributed by atoms with Gasteiger partial charge in [-0.2, -0.15) is 0 Å². The monoisotopic (exact) mass is 1630 g/mol. The summed E-state index contributed by atoms with van der Waals surface area (Å²) in [6.45, 7) is 21.0. The molecule has 0 spiro atoms. The van der Waals surface area contributed by atoms with E-state index in [1.807, 2.05) is 0 Å². The second-order valence-corrected chi connectivity index (χ2v) is 41.4. The first-order chi connectivity index (χ1) is 61.5. The topological polar surface area (TPSA) is 13.0 Å². The van der Waals surface area contributed by atoms with Crippen molar-refractivity contribution in [2.45, 2.75) is 228 Å². The Morgan fingerprint density at radius 3 is 0.627 bits per heavy atom. The molecule has 0 radical (unpaired) electrons. The van der Waals surface area contributed by atoms with Crippen LogP contribution in [0.25, 0.3) is 131 Å². The summed E-state index contributed by atoms with van der Waals surface area (Å²) in [6.07, 6.45) is 24.0. The minimum Gasteiger partial charge on any atom is -0.334 e. The first-order valence-corrected chi connectivity index (χ1v) is 48.1. The van der Waals surface area contributed by atoms with E-state index in [0.29, 0.717) is 0 Å². The maximum atomic E-state index is 2.77. The molecule has 4 aliphatic carbocycles. The Balaban J connectivity index is 0.796. The van der Waals surface area contributed by atoms with Crippen LogP contribution in [0.15, 0.2) is 303 Å². The minimum absolute atomic E-state index is 0.0958. The first kappa shape index (κ1) is 76.5. The molecule has 17 aromatic rings. The van der Waals surface area contributed by atoms with Crippen LogP contribution in [0.5, 0.6) is 0 Å². The molecule has 4 heterocycles. The maximum absolute atomic E-state index is 2.77. The molecule has 622 valence electrons. The maximum Gasteiger partial charge on any atom is 0.0517 e. The number of hydrogen-bond donors (Lipinski definition) is 0. The smallest absolute Gasteiger partial charge is 0.0517 e. The molecular weight excluding hydrogens is 1520 g/mol. The lowest BCUT2D eigenvalue weighted by molar-refractivity contribution is 0.261. The van der Waals surface area contributed by atoms with Crippen LogP contribution in [-0.4, -0.2) is 22.2 Å². The standard InChI is InChI=1S/C122H114N4/c1-115-67-31-15-35-71-119(115,5)123(85-43-23-11-24-44-85)101-63-51-81(75-97(101)115)89-55-59-93-109-94(60-56-90(107(89)109)82-52-64-102-98(76-82)116(2)68-32-16-36-72-120(116,6)124(102)86-45-25-12-26-46-86)112-106(80-41-21-10-22-42-80)114-96-62-58-92(84-54-66-104-100(78-84)118(4)70-34-18-38-74-122(118,8)126(104)88-49-29-14-30-50-88)108-91(57-61-95(110(96)108)113(114)105(111(93)112)79-39-19-9-20-40-79)83-53-65-103-99(77-83)117(3)69-33-17-37-73-121(117,7)125(103)87-47-27-13-28-48-87/h9-14,19-30,39-66,75-78H,15-18,31-38,67-74H2,1-8H3. The normalized spacial score (nSPS) is 25.7. The molecule has 4 aliphatic heterocycles. The lowest BCUT2D eigenvalue weighted by Crippen LogP contribution is -2.52. The van der Waals surface area contributed by atoms with Gasteiger partial charge in [-0.25, -0.2) is 0 Å². The van der Waals surface area contributed by atoms with Gasteiger partial charge in [0.15, 0.2) is 0 Å². The molecule has 17 aromatic carbocycles. The summed E-state index contributed by atoms with van der Waals surface area (Å²) in [4.78, 5) is 11.1. The quantitative estimate of drug-likeness (QED) is 0.135. The summed E-state index contributed by atoms with van der Waals surface area (Å²) >= 11 is 0. The Hall–Kier alpha value is -12.0. The highest BCUT2D eigenvalue weighted by Gasteiger charge is 2.61. The zero-order valence-electron chi connectivity index (χ0n) is 74.8. The van der Waals surface area contributed by atoms with Crippen molar-refractivity contribution in [1.82, 2.24) is 0 Å². The van der Waals surface area contributed by atoms with Gasteiger partial charge in [0.2, 0.25) is 0 Å². The number of hydrogen-bond acceptors (Lipinski definition) is 4. The summed E-state index contributed by atoms with van der Waals surface area (Å²) in [5, 5.41) is 16.0. The van der Waals surface area contributed by atoms with E-state index < -0.39 is 0 Å². The number of rotatable bonds is 10. The number of para-hydroxylation sites is 4. The van der Waals surface area contributed by atoms with Crippen molar-refractivity contribution in [3.05, 3.63) is 326 Å². The molecule has 4 nitrogen and oxygen atoms in total. The fourth-order valence-corrected chi connectivity index (χ4v) is 28.6. The van der Waals surface area contributed by atoms with Gasteiger partial charge in [0.1, 0.15) is 0 Å². The highest BCUT2D eigenvalue weighted by Crippen LogP contribution is 2.68. The van der Waals surface area contributed by atoms with Crippen LogP contribution in [0.2, 0.25) is 0 Å². The first-order valence-electron chi connectivity index (χ1n) is 48.1. The second kappa shape index (κ2) is 27.8. The lowest BCUT2D eigenvalue weighted by atomic mass is 9.66. The zero-order valence-corrected chi connectivity index (χ0v) is 74.8. The van der Waals surface area contributed by atoms with E-state index >= 15 is 0 Å². The summed E-state index contributed by atoms with van der Waals surface area (Å²) in [6, 6.07) is 121. The zero-order chi connectivity index (χ0) is 84.6. The predicted octanol–water partition coefficient (Wildman–Crippen LogP) is 34.0. The molecule has 25 rings (SSSR count). The average Bonchev–Trinajstić information content (AvgIpc) is 1.50. The number of fused-ring (bicyclic) bond motifs is 18. The molecule has 4 heteroatoms. The van der Waals surface area contributed by atoms with Crippen LogP contribution in [0.3, 0.4) is 0 Å². The van der Waals surface area contributed by atoms with Crippen molar-refractivity contribution in [3.63, 3.8) is 0 Å². The molecule has 0 N–H and O–H groups in total. The van der Waals surface area contributed by atoms with Crippen LogP contribution in [-0.2, 0) is 21.7 Å². The van der Waals surface area contributed by atoms with Crippen LogP contribution >= 0.6 is 0 Å². The van der Waals surface area contributed by atoms with E-state index in [-0.39, 0.29) is 43.8 Å². The summed E-state index contributed by atoms with van der Waals surface area (Å²) in [7, 11) is 0. The van der Waals surface area contributed by atoms with Crippen molar-refractivity contribution in [1.29, 1.82) is 0 Å². The van der Waals surface area contributed by atoms with E-state index in [4.69, 9.17) is 0 Å². The third-order valence-electron chi connectivity index (χ3n) is 35.7. The summed E-state index contributed by atoms with van der Waals surface area (Å²) in [5.74, 6) is 0. The summed E-state index contributed by atoms with van der Waals surface area (Å²) < 4.78 is 0. The van der Waals surface area contributed by atoms with Crippen molar-refractivity contribution in [2.75, 3.05) is 19.6 Å². The summed E-state index contributed by atoms with van der Waals surface area (Å²) in [5.41, 5.74) is 31.2. The van der Waals surface area contributed by atoms with Crippen LogP contribution in [0.1, 0.15) is 206 Å². The van der Waals surface area contributed by atoms with E-state index in [9.17, 15) is 0 Å². The molecular formula is C122H114N4. The molecule has 0 amide bonds. The Kier molecular flexibility index (Phi) is 16.8. The van der Waals surface area contributed by atoms with Gasteiger partial charge in [-0.3, -0.25) is 0 Å². The number of anilines is 8. The highest BCUT2D eigenvalue weighted by molar-refractivity contribution is 6.48. The van der Waals surface area contributed by atoms with Gasteiger partial charge in [-0.15, -0.1) is 0 Å². The molecule has 8 atom stereocenters. The fourth-order valence-electron chi connectivity index (χ4n) is 28.6. The average molecular weight is 1640 g/mol. The third kappa shape index (κ3) is 10.2. The minimum atomic E-state index is -0.111. The molecule has 8 aliphatic rings. The highest BCUT2D eigenvalue weighted by atomic mass is 15.3. The molecule has 4 saturated carbocycles. The molecule has 0 saturated heterocycles. The Morgan fingerprint density at radius 2 is 0.397 bits per heavy atom. The van der Waals surface area contributed by atoms with Gasteiger partial charge in [-0.05, 0) is 330 Å². The molecule has 0 bridgehead atoms. The van der Waals surface area contributed by atoms with Gasteiger partial charge < -0.3 is 19.6 Å². The van der Waals surface area contributed by atoms with Crippen LogP contribution < -0.4 is 19.6 Å². The molecule has 126 heavy (non-hydrogen) atoms. The Morgan fingerprint density at radius 1 is 0.183 bits per heavy atom. The fraction of sp³-hybridized carbons (Fsp3) is 0.295. The van der Waals surface area contributed by atoms with E-state index in [1.54, 1.807) is 0 Å². The van der Waals surface area contributed by atoms with Gasteiger partial charge in [0.05, 0.1) is 22.2 Å². The van der Waals surface area contributed by atoms with Crippen molar-refractivity contribution < 1.29 is 0 Å². The van der Waals surface area contributed by atoms with E-state index in [1.165, 1.54) is 276 Å². The second-order valence-electron chi connectivity index (χ2n) is 41.4. The van der Waals surface area contributed by atoms with E-state index in [0.717, 1.165) is 51.4 Å². The Bertz CT molecular complexity index is 6450. The van der Waals surface area contributed by atoms with Crippen molar-refractivity contribution in [3.8, 4) is 66.8 Å². The molecule has 4 fully saturated rings. The van der Waals surface area contributed by atoms with Gasteiger partial charge >= 0.3 is 0 Å². The molecule has 0 aromatic heterocycles. The lowest BCUT2D eigenvalue weighted by Gasteiger charge is -2.46. The van der Waals surface area contributed by atoms with Gasteiger partial charge in [-0.1, -0.05) is 311 Å². The number of nitrogens with zero attached hydrogens (tertiary/aromatic N) is 4. The van der Waals surface area contributed by atoms with Gasteiger partial charge in [0.25, 0.3) is 0 Å². The van der Waals surface area contributed by atoms with Crippen LogP contribution in [0, 0.1) is 0 Å². The van der Waals surface area contributed by atoms with Crippen molar-refractivity contribution in [2.24, 2.45) is 0 Å². The predicted molar refractivity (Wildman–Crippen MR) is 536 cm³/mol. The molecule has 8 unspecified atom stereocenters. The SMILES string of the molecule is CC12CCCCCC1(C)N(c1ccccc1)c1ccc(-c3ccc4c5c(-c6ccccc6)c6c7ccc(-c8ccc9c(c8)C8(C)CCCCCC8(C)N9c8ccccc8)c8c(-c9ccc%10c(c9)C9(C)CCCCCC9(C)N%10c9ccccc9)ccc(c6c(-c6ccccc6)c5c5ccc(-c6ccc9c(c6)C6(C)CCCCCC6(C)N9c6ccccc6)c3c45)c87)cc12. The van der Waals surface area contributed by atoms with Crippen molar-refractivity contribution >= 4 is 110 Å².